The summed E-state index contributed by atoms with van der Waals surface area (Å²) in [4.78, 5) is 13.6. The molecule has 0 saturated heterocycles. The molecule has 1 N–H and O–H groups in total. The third kappa shape index (κ3) is 4.91. The summed E-state index contributed by atoms with van der Waals surface area (Å²) in [5.41, 5.74) is 9.39. The maximum Gasteiger partial charge on any atom is 1.00 e. The molecule has 0 spiro atoms. The third-order valence-electron chi connectivity index (χ3n) is 9.07. The zero-order chi connectivity index (χ0) is 31.3. The Morgan fingerprint density at radius 1 is 0.479 bits per heavy atom. The minimum atomic E-state index is -0.0171. The fraction of sp³-hybridized carbons (Fsp3) is 0. The number of para-hydroxylation sites is 1. The van der Waals surface area contributed by atoms with Crippen molar-refractivity contribution >= 4 is 43.4 Å². The SMILES string of the molecule is [Li+].[O-]c1ccccc1-c1ccc2ccc3ccc(-c4ccc(-c5c6ccccc6c(-c6ccccc6)c6ccccc56)cn4)nc3c2[nH+]1. The van der Waals surface area contributed by atoms with Gasteiger partial charge in [0.2, 0.25) is 11.2 Å². The van der Waals surface area contributed by atoms with Gasteiger partial charge in [-0.05, 0) is 68.6 Å². The average molecular weight is 609 g/mol. The second-order valence-corrected chi connectivity index (χ2v) is 11.8. The molecule has 5 heteroatoms. The van der Waals surface area contributed by atoms with Crippen molar-refractivity contribution in [1.29, 1.82) is 0 Å². The van der Waals surface area contributed by atoms with E-state index in [0.717, 1.165) is 44.5 Å². The summed E-state index contributed by atoms with van der Waals surface area (Å²) in [6.07, 6.45) is 1.97. The van der Waals surface area contributed by atoms with Crippen LogP contribution in [0.5, 0.6) is 5.75 Å². The Balaban J connectivity index is 0.00000336. The Bertz CT molecular complexity index is 2580. The van der Waals surface area contributed by atoms with E-state index in [9.17, 15) is 5.11 Å². The summed E-state index contributed by atoms with van der Waals surface area (Å²) >= 11 is 0. The van der Waals surface area contributed by atoms with Crippen LogP contribution >= 0.6 is 0 Å². The van der Waals surface area contributed by atoms with Gasteiger partial charge in [0.25, 0.3) is 0 Å². The van der Waals surface area contributed by atoms with E-state index < -0.39 is 0 Å². The van der Waals surface area contributed by atoms with Crippen LogP contribution in [-0.4, -0.2) is 9.97 Å². The smallest absolute Gasteiger partial charge is 0.872 e. The third-order valence-corrected chi connectivity index (χ3v) is 9.07. The number of rotatable bonds is 4. The molecule has 0 aliphatic rings. The summed E-state index contributed by atoms with van der Waals surface area (Å²) in [5.74, 6) is -0.0171. The van der Waals surface area contributed by atoms with E-state index in [4.69, 9.17) is 9.97 Å². The maximum atomic E-state index is 12.6. The second kappa shape index (κ2) is 12.1. The van der Waals surface area contributed by atoms with Crippen LogP contribution < -0.4 is 29.0 Å². The van der Waals surface area contributed by atoms with Gasteiger partial charge in [0.1, 0.15) is 5.52 Å². The first-order valence-corrected chi connectivity index (χ1v) is 15.7. The number of pyridine rings is 3. The predicted molar refractivity (Wildman–Crippen MR) is 190 cm³/mol. The molecule has 0 amide bonds. The van der Waals surface area contributed by atoms with E-state index in [2.05, 4.69) is 114 Å². The van der Waals surface area contributed by atoms with Crippen molar-refractivity contribution in [1.82, 2.24) is 9.97 Å². The van der Waals surface area contributed by atoms with Gasteiger partial charge < -0.3 is 5.11 Å². The van der Waals surface area contributed by atoms with Crippen molar-refractivity contribution in [3.8, 4) is 50.6 Å². The molecule has 9 aromatic rings. The fourth-order valence-corrected chi connectivity index (χ4v) is 6.86. The Labute approximate surface area is 289 Å². The number of H-pyrrole nitrogens is 1. The molecule has 4 nitrogen and oxygen atoms in total. The van der Waals surface area contributed by atoms with Crippen molar-refractivity contribution in [3.63, 3.8) is 0 Å². The number of nitrogens with one attached hydrogen (secondary N) is 1. The number of nitrogens with zero attached hydrogens (tertiary/aromatic N) is 2. The molecule has 3 aromatic heterocycles. The largest absolute Gasteiger partial charge is 1.00 e. The van der Waals surface area contributed by atoms with Crippen molar-refractivity contribution in [2.24, 2.45) is 0 Å². The van der Waals surface area contributed by atoms with Crippen molar-refractivity contribution in [2.75, 3.05) is 0 Å². The van der Waals surface area contributed by atoms with Gasteiger partial charge in [0, 0.05) is 34.2 Å². The van der Waals surface area contributed by atoms with Gasteiger partial charge in [0.05, 0.1) is 11.4 Å². The van der Waals surface area contributed by atoms with E-state index in [-0.39, 0.29) is 24.6 Å². The van der Waals surface area contributed by atoms with Crippen molar-refractivity contribution in [2.45, 2.75) is 0 Å². The van der Waals surface area contributed by atoms with Gasteiger partial charge in [-0.15, -0.1) is 0 Å². The molecule has 0 aliphatic carbocycles. The molecule has 3 heterocycles. The van der Waals surface area contributed by atoms with Crippen LogP contribution in [0.4, 0.5) is 0 Å². The number of fused-ring (bicyclic) bond motifs is 5. The molecule has 9 rings (SSSR count). The Morgan fingerprint density at radius 3 is 1.71 bits per heavy atom. The summed E-state index contributed by atoms with van der Waals surface area (Å²) in [6.45, 7) is 0. The van der Waals surface area contributed by atoms with Gasteiger partial charge in [-0.25, -0.2) is 9.97 Å². The number of aromatic amines is 1. The van der Waals surface area contributed by atoms with Gasteiger partial charge in [0.15, 0.2) is 0 Å². The summed E-state index contributed by atoms with van der Waals surface area (Å²) in [7, 11) is 0. The minimum Gasteiger partial charge on any atom is -0.872 e. The van der Waals surface area contributed by atoms with Crippen LogP contribution in [0.1, 0.15) is 0 Å². The maximum absolute atomic E-state index is 12.6. The Kier molecular flexibility index (Phi) is 7.46. The van der Waals surface area contributed by atoms with E-state index in [1.54, 1.807) is 12.1 Å². The van der Waals surface area contributed by atoms with Gasteiger partial charge in [-0.1, -0.05) is 121 Å². The zero-order valence-electron chi connectivity index (χ0n) is 26.3. The van der Waals surface area contributed by atoms with Crippen LogP contribution in [0.25, 0.3) is 88.2 Å². The molecule has 48 heavy (non-hydrogen) atoms. The predicted octanol–water partition coefficient (Wildman–Crippen LogP) is 6.65. The van der Waals surface area contributed by atoms with Crippen LogP contribution in [0, 0.1) is 0 Å². The first-order valence-electron chi connectivity index (χ1n) is 15.7. The van der Waals surface area contributed by atoms with Gasteiger partial charge in [-0.3, -0.25) is 4.98 Å². The molecule has 220 valence electrons. The Hall–Kier alpha value is -5.79. The van der Waals surface area contributed by atoms with Crippen molar-refractivity contribution < 1.29 is 29.0 Å². The fourth-order valence-electron chi connectivity index (χ4n) is 6.86. The van der Waals surface area contributed by atoms with Crippen LogP contribution in [0.15, 0.2) is 158 Å². The molecule has 6 aromatic carbocycles. The van der Waals surface area contributed by atoms with E-state index in [1.807, 2.05) is 36.5 Å². The Morgan fingerprint density at radius 2 is 1.04 bits per heavy atom. The molecule has 0 atom stereocenters. The molecule has 0 bridgehead atoms. The normalized spacial score (nSPS) is 11.2. The second-order valence-electron chi connectivity index (χ2n) is 11.8. The number of benzene rings is 6. The summed E-state index contributed by atoms with van der Waals surface area (Å²) < 4.78 is 0. The molecule has 0 fully saturated rings. The molecule has 0 aliphatic heterocycles. The quantitative estimate of drug-likeness (QED) is 0.128. The molecular formula is C43H27LiN3O+. The molecule has 0 radical (unpaired) electrons. The van der Waals surface area contributed by atoms with E-state index in [1.165, 1.54) is 38.2 Å². The zero-order valence-corrected chi connectivity index (χ0v) is 26.3. The summed E-state index contributed by atoms with van der Waals surface area (Å²) in [6, 6.07) is 51.5. The number of hydrogen-bond acceptors (Lipinski definition) is 3. The molecule has 0 saturated carbocycles. The summed E-state index contributed by atoms with van der Waals surface area (Å²) in [5, 5.41) is 19.4. The average Bonchev–Trinajstić information content (AvgIpc) is 3.14. The number of aromatic nitrogens is 3. The van der Waals surface area contributed by atoms with Crippen molar-refractivity contribution in [3.05, 3.63) is 158 Å². The standard InChI is InChI=1S/C43H27N3O.Li/c47-39-17-9-8-16-35(39)36-23-20-28-18-19-29-21-25-38(46-43(29)42(28)45-36)37-24-22-30(26-44-37)41-33-14-6-4-12-31(33)40(27-10-2-1-3-11-27)32-13-5-7-15-34(32)41;/h1-26,47H;/q;+1. The first-order chi connectivity index (χ1) is 23.2. The molecule has 0 unspecified atom stereocenters. The van der Waals surface area contributed by atoms with Crippen LogP contribution in [-0.2, 0) is 0 Å². The van der Waals surface area contributed by atoms with E-state index in [0.29, 0.717) is 5.56 Å². The monoisotopic (exact) mass is 608 g/mol. The van der Waals surface area contributed by atoms with E-state index >= 15 is 0 Å². The van der Waals surface area contributed by atoms with Gasteiger partial charge >= 0.3 is 18.9 Å². The van der Waals surface area contributed by atoms with Gasteiger partial charge in [-0.2, -0.15) is 0 Å². The topological polar surface area (TPSA) is 63.0 Å². The molecular weight excluding hydrogens is 581 g/mol. The van der Waals surface area contributed by atoms with Crippen LogP contribution in [0.3, 0.4) is 0 Å². The van der Waals surface area contributed by atoms with Crippen LogP contribution in [0.2, 0.25) is 0 Å². The first kappa shape index (κ1) is 29.6. The minimum absolute atomic E-state index is 0. The number of hydrogen-bond donors (Lipinski definition) is 0.